The summed E-state index contributed by atoms with van der Waals surface area (Å²) in [6.45, 7) is 2.49. The van der Waals surface area contributed by atoms with Crippen molar-refractivity contribution in [2.75, 3.05) is 25.1 Å². The van der Waals surface area contributed by atoms with E-state index >= 15 is 0 Å². The molecule has 1 amide bonds. The van der Waals surface area contributed by atoms with E-state index in [1.165, 1.54) is 0 Å². The molecule has 1 unspecified atom stereocenters. The van der Waals surface area contributed by atoms with E-state index in [0.29, 0.717) is 21.6 Å². The molecule has 0 aromatic heterocycles. The van der Waals surface area contributed by atoms with Gasteiger partial charge in [-0.1, -0.05) is 0 Å². The Labute approximate surface area is 112 Å². The molecule has 17 heavy (non-hydrogen) atoms. The number of hydrogen-bond donors (Lipinski definition) is 1. The zero-order valence-corrected chi connectivity index (χ0v) is 12.2. The van der Waals surface area contributed by atoms with Gasteiger partial charge in [-0.3, -0.25) is 9.00 Å². The standard InChI is InChI=1S/C11H15BrN2O2S/c1-3-14(2)11(15)7-17(16)10-5-4-8(13)6-9(10)12/h4-6H,3,7,13H2,1-2H3. The van der Waals surface area contributed by atoms with Gasteiger partial charge in [0.25, 0.3) is 0 Å². The number of carbonyl (C=O) groups is 1. The van der Waals surface area contributed by atoms with E-state index in [4.69, 9.17) is 5.73 Å². The Morgan fingerprint density at radius 1 is 1.53 bits per heavy atom. The van der Waals surface area contributed by atoms with E-state index in [1.807, 2.05) is 6.92 Å². The van der Waals surface area contributed by atoms with Crippen molar-refractivity contribution in [3.8, 4) is 0 Å². The third-order valence-corrected chi connectivity index (χ3v) is 4.63. The summed E-state index contributed by atoms with van der Waals surface area (Å²) >= 11 is 3.29. The van der Waals surface area contributed by atoms with E-state index in [0.717, 1.165) is 0 Å². The predicted molar refractivity (Wildman–Crippen MR) is 73.1 cm³/mol. The van der Waals surface area contributed by atoms with E-state index in [-0.39, 0.29) is 11.7 Å². The lowest BCUT2D eigenvalue weighted by molar-refractivity contribution is -0.126. The molecule has 0 bridgehead atoms. The van der Waals surface area contributed by atoms with Crippen molar-refractivity contribution < 1.29 is 9.00 Å². The van der Waals surface area contributed by atoms with Crippen LogP contribution < -0.4 is 5.73 Å². The van der Waals surface area contributed by atoms with Gasteiger partial charge in [-0.25, -0.2) is 0 Å². The Morgan fingerprint density at radius 3 is 2.71 bits per heavy atom. The first-order valence-electron chi connectivity index (χ1n) is 5.13. The van der Waals surface area contributed by atoms with Crippen molar-refractivity contribution in [3.05, 3.63) is 22.7 Å². The van der Waals surface area contributed by atoms with Crippen LogP contribution in [0.2, 0.25) is 0 Å². The lowest BCUT2D eigenvalue weighted by atomic mass is 10.3. The highest BCUT2D eigenvalue weighted by Crippen LogP contribution is 2.23. The molecule has 2 N–H and O–H groups in total. The van der Waals surface area contributed by atoms with Gasteiger partial charge in [-0.2, -0.15) is 0 Å². The maximum atomic E-state index is 12.0. The van der Waals surface area contributed by atoms with Gasteiger partial charge in [0.05, 0.1) is 15.7 Å². The summed E-state index contributed by atoms with van der Waals surface area (Å²) in [5.74, 6) is -0.137. The summed E-state index contributed by atoms with van der Waals surface area (Å²) in [6.07, 6.45) is 0. The first-order valence-corrected chi connectivity index (χ1v) is 7.24. The topological polar surface area (TPSA) is 63.4 Å². The minimum absolute atomic E-state index is 0.00709. The van der Waals surface area contributed by atoms with Crippen LogP contribution in [0.3, 0.4) is 0 Å². The van der Waals surface area contributed by atoms with Crippen LogP contribution in [0.5, 0.6) is 0 Å². The van der Waals surface area contributed by atoms with Gasteiger partial charge in [0.1, 0.15) is 5.75 Å². The largest absolute Gasteiger partial charge is 0.399 e. The third-order valence-electron chi connectivity index (χ3n) is 2.36. The number of anilines is 1. The number of amides is 1. The molecule has 0 spiro atoms. The summed E-state index contributed by atoms with van der Waals surface area (Å²) in [4.78, 5) is 13.8. The minimum atomic E-state index is -1.35. The van der Waals surface area contributed by atoms with Crippen LogP contribution in [0.25, 0.3) is 0 Å². The van der Waals surface area contributed by atoms with E-state index in [2.05, 4.69) is 15.9 Å². The fraction of sp³-hybridized carbons (Fsp3) is 0.364. The Hall–Kier alpha value is -0.880. The number of carbonyl (C=O) groups excluding carboxylic acids is 1. The molecule has 0 saturated heterocycles. The van der Waals surface area contributed by atoms with Crippen molar-refractivity contribution in [1.29, 1.82) is 0 Å². The second-order valence-electron chi connectivity index (χ2n) is 3.59. The van der Waals surface area contributed by atoms with Crippen LogP contribution in [0.15, 0.2) is 27.6 Å². The van der Waals surface area contributed by atoms with E-state index in [1.54, 1.807) is 30.1 Å². The first kappa shape index (κ1) is 14.2. The zero-order valence-electron chi connectivity index (χ0n) is 9.77. The second kappa shape index (κ2) is 6.16. The highest BCUT2D eigenvalue weighted by atomic mass is 79.9. The number of halogens is 1. The number of benzene rings is 1. The Morgan fingerprint density at radius 2 is 2.18 bits per heavy atom. The molecular formula is C11H15BrN2O2S. The Balaban J connectivity index is 2.80. The molecule has 94 valence electrons. The number of rotatable bonds is 4. The van der Waals surface area contributed by atoms with E-state index in [9.17, 15) is 9.00 Å². The summed E-state index contributed by atoms with van der Waals surface area (Å²) in [5.41, 5.74) is 6.19. The third kappa shape index (κ3) is 3.81. The summed E-state index contributed by atoms with van der Waals surface area (Å²) in [6, 6.07) is 5.03. The van der Waals surface area contributed by atoms with Gasteiger partial charge in [-0.05, 0) is 41.1 Å². The van der Waals surface area contributed by atoms with Crippen LogP contribution >= 0.6 is 15.9 Å². The highest BCUT2D eigenvalue weighted by Gasteiger charge is 2.15. The van der Waals surface area contributed by atoms with E-state index < -0.39 is 10.8 Å². The summed E-state index contributed by atoms with van der Waals surface area (Å²) in [7, 11) is 0.343. The number of nitrogens with two attached hydrogens (primary N) is 1. The van der Waals surface area contributed by atoms with Gasteiger partial charge in [0.15, 0.2) is 0 Å². The average Bonchev–Trinajstić information content (AvgIpc) is 2.27. The summed E-state index contributed by atoms with van der Waals surface area (Å²) < 4.78 is 12.7. The molecule has 1 atom stereocenters. The van der Waals surface area contributed by atoms with Gasteiger partial charge in [0.2, 0.25) is 5.91 Å². The van der Waals surface area contributed by atoms with Crippen molar-refractivity contribution >= 4 is 38.3 Å². The van der Waals surface area contributed by atoms with Crippen LogP contribution in [0, 0.1) is 0 Å². The fourth-order valence-electron chi connectivity index (χ4n) is 1.18. The normalized spacial score (nSPS) is 12.2. The molecule has 1 aromatic rings. The smallest absolute Gasteiger partial charge is 0.235 e. The molecule has 0 heterocycles. The van der Waals surface area contributed by atoms with Crippen molar-refractivity contribution in [2.24, 2.45) is 0 Å². The molecular weight excluding hydrogens is 304 g/mol. The van der Waals surface area contributed by atoms with Gasteiger partial charge >= 0.3 is 0 Å². The SMILES string of the molecule is CCN(C)C(=O)CS(=O)c1ccc(N)cc1Br. The van der Waals surface area contributed by atoms with Crippen LogP contribution in [0.4, 0.5) is 5.69 Å². The fourth-order valence-corrected chi connectivity index (χ4v) is 3.21. The molecule has 0 fully saturated rings. The van der Waals surface area contributed by atoms with Gasteiger partial charge in [0, 0.05) is 23.8 Å². The lowest BCUT2D eigenvalue weighted by Gasteiger charge is -2.14. The monoisotopic (exact) mass is 318 g/mol. The van der Waals surface area contributed by atoms with Crippen LogP contribution in [0.1, 0.15) is 6.92 Å². The maximum absolute atomic E-state index is 12.0. The summed E-state index contributed by atoms with van der Waals surface area (Å²) in [5, 5.41) is 0. The molecule has 1 aromatic carbocycles. The molecule has 0 aliphatic rings. The predicted octanol–water partition coefficient (Wildman–Crippen LogP) is 1.62. The van der Waals surface area contributed by atoms with Crippen LogP contribution in [-0.4, -0.2) is 34.4 Å². The first-order chi connectivity index (χ1) is 7.95. The maximum Gasteiger partial charge on any atom is 0.235 e. The number of hydrogen-bond acceptors (Lipinski definition) is 3. The molecule has 0 saturated carbocycles. The molecule has 0 aliphatic heterocycles. The average molecular weight is 319 g/mol. The molecule has 0 aliphatic carbocycles. The van der Waals surface area contributed by atoms with Crippen molar-refractivity contribution in [3.63, 3.8) is 0 Å². The molecule has 1 rings (SSSR count). The number of nitrogen functional groups attached to an aromatic ring is 1. The van der Waals surface area contributed by atoms with Gasteiger partial charge in [-0.15, -0.1) is 0 Å². The van der Waals surface area contributed by atoms with Crippen molar-refractivity contribution in [1.82, 2.24) is 4.90 Å². The Bertz CT molecular complexity index is 451. The lowest BCUT2D eigenvalue weighted by Crippen LogP contribution is -2.30. The molecule has 6 heteroatoms. The number of nitrogens with zero attached hydrogens (tertiary/aromatic N) is 1. The zero-order chi connectivity index (χ0) is 13.0. The molecule has 0 radical (unpaired) electrons. The minimum Gasteiger partial charge on any atom is -0.399 e. The highest BCUT2D eigenvalue weighted by molar-refractivity contribution is 9.10. The quantitative estimate of drug-likeness (QED) is 0.858. The second-order valence-corrected chi connectivity index (χ2v) is 5.86. The van der Waals surface area contributed by atoms with Crippen LogP contribution in [-0.2, 0) is 15.6 Å². The molecule has 4 nitrogen and oxygen atoms in total. The van der Waals surface area contributed by atoms with Gasteiger partial charge < -0.3 is 10.6 Å². The Kier molecular flexibility index (Phi) is 5.14. The van der Waals surface area contributed by atoms with Crippen molar-refractivity contribution in [2.45, 2.75) is 11.8 Å².